The van der Waals surface area contributed by atoms with Gasteiger partial charge in [-0.25, -0.2) is 0 Å². The average molecular weight is 459 g/mol. The van der Waals surface area contributed by atoms with Gasteiger partial charge in [-0.3, -0.25) is 19.4 Å². The van der Waals surface area contributed by atoms with Gasteiger partial charge in [-0.2, -0.15) is 0 Å². The van der Waals surface area contributed by atoms with Gasteiger partial charge >= 0.3 is 0 Å². The number of benzene rings is 2. The van der Waals surface area contributed by atoms with Crippen molar-refractivity contribution in [2.24, 2.45) is 22.2 Å². The Morgan fingerprint density at radius 2 is 1.56 bits per heavy atom. The molecule has 170 valence electrons. The summed E-state index contributed by atoms with van der Waals surface area (Å²) in [6.45, 7) is 0.275. The number of amides is 3. The van der Waals surface area contributed by atoms with Gasteiger partial charge in [0.1, 0.15) is 12.1 Å². The van der Waals surface area contributed by atoms with Crippen molar-refractivity contribution in [2.45, 2.75) is 31.3 Å². The maximum atomic E-state index is 13.0. The first-order valence-electron chi connectivity index (χ1n) is 10.0. The lowest BCUT2D eigenvalue weighted by Gasteiger charge is -2.22. The fourth-order valence-corrected chi connectivity index (χ4v) is 3.22. The third-order valence-electron chi connectivity index (χ3n) is 4.63. The van der Waals surface area contributed by atoms with E-state index in [2.05, 4.69) is 15.6 Å². The number of nitrogens with zero attached hydrogens (tertiary/aromatic N) is 1. The molecule has 0 aromatic heterocycles. The number of hydrogen-bond donors (Lipinski definition) is 5. The summed E-state index contributed by atoms with van der Waals surface area (Å²) in [6, 6.07) is 13.7. The third kappa shape index (κ3) is 7.92. The molecule has 0 spiro atoms. The summed E-state index contributed by atoms with van der Waals surface area (Å²) in [7, 11) is 0. The zero-order valence-electron chi connectivity index (χ0n) is 17.5. The monoisotopic (exact) mass is 458 g/mol. The molecule has 0 saturated heterocycles. The van der Waals surface area contributed by atoms with E-state index < -0.39 is 29.8 Å². The molecule has 0 aliphatic heterocycles. The van der Waals surface area contributed by atoms with Gasteiger partial charge in [0, 0.05) is 13.0 Å². The number of guanidine groups is 1. The maximum Gasteiger partial charge on any atom is 0.253 e. The molecule has 2 atom stereocenters. The van der Waals surface area contributed by atoms with Crippen LogP contribution in [-0.4, -0.2) is 42.3 Å². The van der Waals surface area contributed by atoms with Gasteiger partial charge in [0.2, 0.25) is 11.8 Å². The average Bonchev–Trinajstić information content (AvgIpc) is 2.76. The summed E-state index contributed by atoms with van der Waals surface area (Å²) in [5.41, 5.74) is 17.2. The molecule has 0 aliphatic rings. The van der Waals surface area contributed by atoms with Crippen LogP contribution in [0.4, 0.5) is 0 Å². The number of carbonyl (C=O) groups is 3. The zero-order chi connectivity index (χ0) is 23.5. The van der Waals surface area contributed by atoms with E-state index in [1.807, 2.05) is 30.3 Å². The van der Waals surface area contributed by atoms with Gasteiger partial charge in [-0.05, 0) is 30.5 Å². The number of primary amides is 1. The zero-order valence-corrected chi connectivity index (χ0v) is 18.2. The number of carbonyl (C=O) groups excluding carboxylic acids is 3. The highest BCUT2D eigenvalue weighted by atomic mass is 35.5. The Hall–Kier alpha value is -3.59. The normalized spacial score (nSPS) is 12.3. The summed E-state index contributed by atoms with van der Waals surface area (Å²) in [6.07, 6.45) is 0.870. The van der Waals surface area contributed by atoms with Crippen molar-refractivity contribution in [1.82, 2.24) is 10.6 Å². The molecule has 0 unspecified atom stereocenters. The van der Waals surface area contributed by atoms with Crippen molar-refractivity contribution < 1.29 is 14.4 Å². The molecule has 0 bridgehead atoms. The quantitative estimate of drug-likeness (QED) is 0.189. The van der Waals surface area contributed by atoms with E-state index in [4.69, 9.17) is 28.8 Å². The molecule has 32 heavy (non-hydrogen) atoms. The van der Waals surface area contributed by atoms with Gasteiger partial charge in [-0.15, -0.1) is 0 Å². The highest BCUT2D eigenvalue weighted by Gasteiger charge is 2.26. The van der Waals surface area contributed by atoms with Crippen molar-refractivity contribution in [3.8, 4) is 0 Å². The standard InChI is InChI=1S/C22H27ClN6O3/c23-16-10-5-4-9-15(16)20(31)28-17(11-6-12-27-22(25)26)21(32)29-18(19(24)30)13-14-7-2-1-3-8-14/h1-5,7-10,17-18H,6,11-13H2,(H2,24,30)(H,28,31)(H,29,32)(H4,25,26,27)/t17-,18+/m0/s1. The van der Waals surface area contributed by atoms with Gasteiger partial charge in [0.05, 0.1) is 10.6 Å². The van der Waals surface area contributed by atoms with E-state index in [0.29, 0.717) is 6.42 Å². The van der Waals surface area contributed by atoms with Crippen molar-refractivity contribution >= 4 is 35.3 Å². The second kappa shape index (κ2) is 12.3. The number of nitrogens with two attached hydrogens (primary N) is 3. The molecule has 9 nitrogen and oxygen atoms in total. The third-order valence-corrected chi connectivity index (χ3v) is 4.96. The lowest BCUT2D eigenvalue weighted by molar-refractivity contribution is -0.128. The topological polar surface area (TPSA) is 166 Å². The molecular weight excluding hydrogens is 432 g/mol. The molecule has 2 rings (SSSR count). The molecular formula is C22H27ClN6O3. The molecule has 0 heterocycles. The van der Waals surface area contributed by atoms with Crippen LogP contribution in [0.3, 0.4) is 0 Å². The van der Waals surface area contributed by atoms with Crippen LogP contribution < -0.4 is 27.8 Å². The van der Waals surface area contributed by atoms with Crippen LogP contribution >= 0.6 is 11.6 Å². The molecule has 10 heteroatoms. The minimum Gasteiger partial charge on any atom is -0.370 e. The van der Waals surface area contributed by atoms with Crippen LogP contribution in [0.2, 0.25) is 5.02 Å². The fourth-order valence-electron chi connectivity index (χ4n) is 3.00. The molecule has 8 N–H and O–H groups in total. The number of aliphatic imine (C=N–C) groups is 1. The fraction of sp³-hybridized carbons (Fsp3) is 0.273. The number of nitrogens with one attached hydrogen (secondary N) is 2. The van der Waals surface area contributed by atoms with E-state index in [-0.39, 0.29) is 35.9 Å². The first kappa shape index (κ1) is 24.7. The molecule has 0 saturated carbocycles. The second-order valence-electron chi connectivity index (χ2n) is 7.11. The number of hydrogen-bond acceptors (Lipinski definition) is 4. The number of rotatable bonds is 11. The maximum absolute atomic E-state index is 13.0. The van der Waals surface area contributed by atoms with E-state index in [9.17, 15) is 14.4 Å². The molecule has 3 amide bonds. The van der Waals surface area contributed by atoms with Crippen LogP contribution in [-0.2, 0) is 16.0 Å². The van der Waals surface area contributed by atoms with Crippen molar-refractivity contribution in [1.29, 1.82) is 0 Å². The summed E-state index contributed by atoms with van der Waals surface area (Å²) < 4.78 is 0. The van der Waals surface area contributed by atoms with Crippen LogP contribution in [0.1, 0.15) is 28.8 Å². The Balaban J connectivity index is 2.13. The lowest BCUT2D eigenvalue weighted by atomic mass is 10.0. The Labute approximate surface area is 191 Å². The largest absolute Gasteiger partial charge is 0.370 e. The van der Waals surface area contributed by atoms with Gasteiger partial charge < -0.3 is 27.8 Å². The first-order valence-corrected chi connectivity index (χ1v) is 10.4. The summed E-state index contributed by atoms with van der Waals surface area (Å²) >= 11 is 6.09. The number of halogens is 1. The van der Waals surface area contributed by atoms with Crippen molar-refractivity contribution in [3.05, 3.63) is 70.7 Å². The minimum atomic E-state index is -0.953. The second-order valence-corrected chi connectivity index (χ2v) is 7.52. The van der Waals surface area contributed by atoms with Gasteiger partial charge in [-0.1, -0.05) is 54.1 Å². The summed E-state index contributed by atoms with van der Waals surface area (Å²) in [4.78, 5) is 41.5. The lowest BCUT2D eigenvalue weighted by Crippen LogP contribution is -2.53. The van der Waals surface area contributed by atoms with Gasteiger partial charge in [0.15, 0.2) is 5.96 Å². The minimum absolute atomic E-state index is 0.0669. The van der Waals surface area contributed by atoms with Crippen LogP contribution in [0, 0.1) is 0 Å². The van der Waals surface area contributed by atoms with Crippen molar-refractivity contribution in [2.75, 3.05) is 6.54 Å². The molecule has 0 radical (unpaired) electrons. The molecule has 2 aromatic carbocycles. The van der Waals surface area contributed by atoms with Gasteiger partial charge in [0.25, 0.3) is 5.91 Å². The van der Waals surface area contributed by atoms with Crippen LogP contribution in [0.25, 0.3) is 0 Å². The highest BCUT2D eigenvalue weighted by molar-refractivity contribution is 6.33. The summed E-state index contributed by atoms with van der Waals surface area (Å²) in [5.74, 6) is -1.81. The van der Waals surface area contributed by atoms with E-state index in [0.717, 1.165) is 5.56 Å². The first-order chi connectivity index (χ1) is 15.3. The van der Waals surface area contributed by atoms with E-state index in [1.165, 1.54) is 0 Å². The Morgan fingerprint density at radius 1 is 0.906 bits per heavy atom. The van der Waals surface area contributed by atoms with E-state index >= 15 is 0 Å². The molecule has 0 aliphatic carbocycles. The van der Waals surface area contributed by atoms with Crippen molar-refractivity contribution in [3.63, 3.8) is 0 Å². The predicted molar refractivity (Wildman–Crippen MR) is 124 cm³/mol. The Kier molecular flexibility index (Phi) is 9.49. The molecule has 0 fully saturated rings. The Morgan fingerprint density at radius 3 is 2.19 bits per heavy atom. The smallest absolute Gasteiger partial charge is 0.253 e. The summed E-state index contributed by atoms with van der Waals surface area (Å²) in [5, 5.41) is 5.56. The molecule has 2 aromatic rings. The van der Waals surface area contributed by atoms with Crippen LogP contribution in [0.5, 0.6) is 0 Å². The van der Waals surface area contributed by atoms with Crippen LogP contribution in [0.15, 0.2) is 59.6 Å². The SMILES string of the molecule is NC(=O)[C@@H](Cc1ccccc1)NC(=O)[C@H](CCCN=C(N)N)NC(=O)c1ccccc1Cl. The highest BCUT2D eigenvalue weighted by Crippen LogP contribution is 2.15. The van der Waals surface area contributed by atoms with E-state index in [1.54, 1.807) is 24.3 Å². The Bertz CT molecular complexity index is 963. The predicted octanol–water partition coefficient (Wildman–Crippen LogP) is 0.705.